The molecule has 0 spiro atoms. The Labute approximate surface area is 103 Å². The third-order valence-corrected chi connectivity index (χ3v) is 2.87. The molecule has 4 nitrogen and oxygen atoms in total. The molecule has 94 valence electrons. The van der Waals surface area contributed by atoms with Crippen LogP contribution in [0.2, 0.25) is 0 Å². The predicted molar refractivity (Wildman–Crippen MR) is 69.6 cm³/mol. The molecule has 0 radical (unpaired) electrons. The molecule has 1 rings (SSSR count). The normalized spacial score (nSPS) is 11.5. The first-order valence-corrected chi connectivity index (χ1v) is 5.77. The van der Waals surface area contributed by atoms with Crippen LogP contribution in [0.15, 0.2) is 0 Å². The molecule has 0 bridgehead atoms. The molecule has 0 aromatic carbocycles. The number of ether oxygens (including phenoxy) is 1. The van der Waals surface area contributed by atoms with Gasteiger partial charge < -0.3 is 15.0 Å². The quantitative estimate of drug-likeness (QED) is 0.789. The Kier molecular flexibility index (Phi) is 4.19. The van der Waals surface area contributed by atoms with Crippen molar-refractivity contribution in [3.8, 4) is 12.3 Å². The van der Waals surface area contributed by atoms with E-state index in [0.717, 1.165) is 17.9 Å². The summed E-state index contributed by atoms with van der Waals surface area (Å²) in [7, 11) is 1.69. The van der Waals surface area contributed by atoms with Crippen LogP contribution >= 0.6 is 0 Å². The van der Waals surface area contributed by atoms with E-state index in [1.165, 1.54) is 0 Å². The SMILES string of the molecule is C#CCn1c(CC)nc(CC(C)(C)OC)c1N. The number of imidazole rings is 1. The number of anilines is 1. The third-order valence-electron chi connectivity index (χ3n) is 2.87. The summed E-state index contributed by atoms with van der Waals surface area (Å²) < 4.78 is 7.28. The van der Waals surface area contributed by atoms with Crippen molar-refractivity contribution >= 4 is 5.82 Å². The smallest absolute Gasteiger partial charge is 0.127 e. The molecule has 0 saturated heterocycles. The molecule has 1 aromatic heterocycles. The highest BCUT2D eigenvalue weighted by Crippen LogP contribution is 2.22. The molecule has 0 aliphatic heterocycles. The van der Waals surface area contributed by atoms with Gasteiger partial charge in [0.25, 0.3) is 0 Å². The van der Waals surface area contributed by atoms with Gasteiger partial charge in [-0.15, -0.1) is 6.42 Å². The predicted octanol–water partition coefficient (Wildman–Crippen LogP) is 1.63. The molecule has 4 heteroatoms. The van der Waals surface area contributed by atoms with Gasteiger partial charge in [-0.3, -0.25) is 0 Å². The molecule has 0 atom stereocenters. The lowest BCUT2D eigenvalue weighted by Gasteiger charge is -2.21. The zero-order valence-corrected chi connectivity index (χ0v) is 11.1. The average molecular weight is 235 g/mol. The second-order valence-electron chi connectivity index (χ2n) is 4.64. The number of aryl methyl sites for hydroxylation is 1. The maximum Gasteiger partial charge on any atom is 0.127 e. The summed E-state index contributed by atoms with van der Waals surface area (Å²) in [5.74, 6) is 4.19. The van der Waals surface area contributed by atoms with E-state index in [1.54, 1.807) is 7.11 Å². The van der Waals surface area contributed by atoms with Gasteiger partial charge in [0.2, 0.25) is 0 Å². The fourth-order valence-corrected chi connectivity index (χ4v) is 1.71. The van der Waals surface area contributed by atoms with Gasteiger partial charge in [0.15, 0.2) is 0 Å². The number of nitrogens with zero attached hydrogens (tertiary/aromatic N) is 2. The summed E-state index contributed by atoms with van der Waals surface area (Å²) >= 11 is 0. The van der Waals surface area contributed by atoms with Crippen molar-refractivity contribution in [3.05, 3.63) is 11.5 Å². The number of hydrogen-bond donors (Lipinski definition) is 1. The van der Waals surface area contributed by atoms with Crippen LogP contribution in [-0.2, 0) is 24.1 Å². The number of terminal acetylenes is 1. The van der Waals surface area contributed by atoms with Crippen molar-refractivity contribution in [1.29, 1.82) is 0 Å². The highest BCUT2D eigenvalue weighted by molar-refractivity contribution is 5.39. The Morgan fingerprint density at radius 3 is 2.65 bits per heavy atom. The first-order chi connectivity index (χ1) is 7.95. The molecule has 1 aromatic rings. The van der Waals surface area contributed by atoms with Gasteiger partial charge in [-0.1, -0.05) is 12.8 Å². The topological polar surface area (TPSA) is 53.1 Å². The zero-order chi connectivity index (χ0) is 13.1. The second-order valence-corrected chi connectivity index (χ2v) is 4.64. The number of rotatable bonds is 5. The highest BCUT2D eigenvalue weighted by Gasteiger charge is 2.22. The van der Waals surface area contributed by atoms with E-state index in [1.807, 2.05) is 25.3 Å². The van der Waals surface area contributed by atoms with Gasteiger partial charge in [0.05, 0.1) is 17.8 Å². The molecule has 1 heterocycles. The first-order valence-electron chi connectivity index (χ1n) is 5.77. The minimum atomic E-state index is -0.269. The summed E-state index contributed by atoms with van der Waals surface area (Å²) in [5.41, 5.74) is 6.67. The molecule has 17 heavy (non-hydrogen) atoms. The minimum Gasteiger partial charge on any atom is -0.384 e. The van der Waals surface area contributed by atoms with Crippen molar-refractivity contribution in [2.24, 2.45) is 0 Å². The van der Waals surface area contributed by atoms with E-state index in [9.17, 15) is 0 Å². The van der Waals surface area contributed by atoms with Gasteiger partial charge in [0, 0.05) is 20.0 Å². The Hall–Kier alpha value is -1.47. The summed E-state index contributed by atoms with van der Waals surface area (Å²) in [6, 6.07) is 0. The first kappa shape index (κ1) is 13.6. The summed E-state index contributed by atoms with van der Waals surface area (Å²) in [6.07, 6.45) is 6.84. The van der Waals surface area contributed by atoms with E-state index in [2.05, 4.69) is 10.9 Å². The lowest BCUT2D eigenvalue weighted by molar-refractivity contribution is 0.0226. The number of aromatic nitrogens is 2. The molecule has 0 aliphatic carbocycles. The summed E-state index contributed by atoms with van der Waals surface area (Å²) in [6.45, 7) is 6.53. The molecule has 0 aliphatic rings. The molecular weight excluding hydrogens is 214 g/mol. The molecular formula is C13H21N3O. The van der Waals surface area contributed by atoms with Crippen molar-refractivity contribution in [1.82, 2.24) is 9.55 Å². The maximum absolute atomic E-state index is 6.08. The van der Waals surface area contributed by atoms with Gasteiger partial charge >= 0.3 is 0 Å². The van der Waals surface area contributed by atoms with Crippen molar-refractivity contribution in [3.63, 3.8) is 0 Å². The van der Waals surface area contributed by atoms with Crippen LogP contribution in [0, 0.1) is 12.3 Å². The van der Waals surface area contributed by atoms with Crippen molar-refractivity contribution < 1.29 is 4.74 Å². The van der Waals surface area contributed by atoms with Gasteiger partial charge in [-0.25, -0.2) is 4.98 Å². The van der Waals surface area contributed by atoms with E-state index in [0.29, 0.717) is 18.8 Å². The van der Waals surface area contributed by atoms with Gasteiger partial charge in [-0.2, -0.15) is 0 Å². The van der Waals surface area contributed by atoms with Crippen LogP contribution in [0.25, 0.3) is 0 Å². The molecule has 0 unspecified atom stereocenters. The Bertz CT molecular complexity index is 427. The second kappa shape index (κ2) is 5.24. The van der Waals surface area contributed by atoms with E-state index in [-0.39, 0.29) is 5.60 Å². The Balaban J connectivity index is 3.07. The molecule has 2 N–H and O–H groups in total. The van der Waals surface area contributed by atoms with Crippen LogP contribution in [0.4, 0.5) is 5.82 Å². The number of methoxy groups -OCH3 is 1. The Morgan fingerprint density at radius 1 is 1.53 bits per heavy atom. The fourth-order valence-electron chi connectivity index (χ4n) is 1.71. The molecule has 0 amide bonds. The van der Waals surface area contributed by atoms with E-state index >= 15 is 0 Å². The molecule has 0 saturated carbocycles. The van der Waals surface area contributed by atoms with Crippen LogP contribution in [0.1, 0.15) is 32.3 Å². The largest absolute Gasteiger partial charge is 0.384 e. The lowest BCUT2D eigenvalue weighted by Crippen LogP contribution is -2.26. The van der Waals surface area contributed by atoms with Gasteiger partial charge in [-0.05, 0) is 13.8 Å². The number of hydrogen-bond acceptors (Lipinski definition) is 3. The summed E-state index contributed by atoms with van der Waals surface area (Å²) in [5, 5.41) is 0. The maximum atomic E-state index is 6.08. The van der Waals surface area contributed by atoms with Crippen LogP contribution in [-0.4, -0.2) is 22.3 Å². The van der Waals surface area contributed by atoms with Gasteiger partial charge in [0.1, 0.15) is 11.6 Å². The van der Waals surface area contributed by atoms with Crippen LogP contribution in [0.3, 0.4) is 0 Å². The van der Waals surface area contributed by atoms with Crippen LogP contribution in [0.5, 0.6) is 0 Å². The van der Waals surface area contributed by atoms with Crippen molar-refractivity contribution in [2.45, 2.75) is 45.8 Å². The lowest BCUT2D eigenvalue weighted by atomic mass is 10.0. The minimum absolute atomic E-state index is 0.269. The monoisotopic (exact) mass is 235 g/mol. The molecule has 0 fully saturated rings. The third kappa shape index (κ3) is 3.01. The number of nitrogens with two attached hydrogens (primary N) is 1. The summed E-state index contributed by atoms with van der Waals surface area (Å²) in [4.78, 5) is 4.54. The van der Waals surface area contributed by atoms with E-state index < -0.39 is 0 Å². The van der Waals surface area contributed by atoms with Crippen molar-refractivity contribution in [2.75, 3.05) is 12.8 Å². The standard InChI is InChI=1S/C13H21N3O/c1-6-8-16-11(7-2)15-10(12(16)14)9-13(3,4)17-5/h1H,7-9,14H2,2-5H3. The van der Waals surface area contributed by atoms with E-state index in [4.69, 9.17) is 16.9 Å². The highest BCUT2D eigenvalue weighted by atomic mass is 16.5. The zero-order valence-electron chi connectivity index (χ0n) is 11.1. The number of nitrogen functional groups attached to an aromatic ring is 1. The Morgan fingerprint density at radius 2 is 2.18 bits per heavy atom. The fraction of sp³-hybridized carbons (Fsp3) is 0.615. The average Bonchev–Trinajstić information content (AvgIpc) is 2.57. The van der Waals surface area contributed by atoms with Crippen LogP contribution < -0.4 is 5.73 Å².